The molecule has 0 aromatic heterocycles. The van der Waals surface area contributed by atoms with Gasteiger partial charge in [0.2, 0.25) is 0 Å². The van der Waals surface area contributed by atoms with Crippen molar-refractivity contribution in [2.24, 2.45) is 5.10 Å². The zero-order chi connectivity index (χ0) is 34.0. The first-order valence-corrected chi connectivity index (χ1v) is 15.8. The Balaban J connectivity index is 1.40. The molecular formula is C34H36N4O8S. The van der Waals surface area contributed by atoms with Gasteiger partial charge in [0, 0.05) is 11.8 Å². The number of benzene rings is 4. The number of amides is 2. The Labute approximate surface area is 274 Å². The van der Waals surface area contributed by atoms with Crippen LogP contribution in [0.3, 0.4) is 0 Å². The number of ether oxygens (including phenoxy) is 4. The molecule has 4 rings (SSSR count). The van der Waals surface area contributed by atoms with Crippen molar-refractivity contribution in [3.05, 3.63) is 102 Å². The standard InChI is InChI=1S/C34H36N4O8S/c1-23-16-24(2)18-27(17-23)38(47(41,42)30-14-15-31(44-4)32(19-30)45-5)21-33(39)37-35-20-25-6-10-29(11-7-25)46-22-34(40)36-26-8-12-28(43-3)13-9-26/h6-20H,21-22H2,1-5H3,(H,36,40)(H,37,39)/b35-20-. The highest BCUT2D eigenvalue weighted by atomic mass is 32.2. The minimum absolute atomic E-state index is 0.0777. The molecule has 2 amide bonds. The maximum Gasteiger partial charge on any atom is 0.264 e. The van der Waals surface area contributed by atoms with Gasteiger partial charge in [-0.25, -0.2) is 13.8 Å². The zero-order valence-corrected chi connectivity index (χ0v) is 27.5. The monoisotopic (exact) mass is 660 g/mol. The lowest BCUT2D eigenvalue weighted by molar-refractivity contribution is -0.119. The molecule has 0 aliphatic heterocycles. The van der Waals surface area contributed by atoms with Crippen LogP contribution in [0.1, 0.15) is 16.7 Å². The molecule has 0 aliphatic carbocycles. The highest BCUT2D eigenvalue weighted by Gasteiger charge is 2.28. The molecule has 0 unspecified atom stereocenters. The second-order valence-electron chi connectivity index (χ2n) is 10.3. The minimum atomic E-state index is -4.22. The molecule has 0 heterocycles. The Morgan fingerprint density at radius 3 is 2.02 bits per heavy atom. The Morgan fingerprint density at radius 1 is 0.766 bits per heavy atom. The van der Waals surface area contributed by atoms with Gasteiger partial charge in [0.15, 0.2) is 18.1 Å². The topological polar surface area (TPSA) is 145 Å². The lowest BCUT2D eigenvalue weighted by atomic mass is 10.1. The Hall–Kier alpha value is -5.56. The summed E-state index contributed by atoms with van der Waals surface area (Å²) in [6.07, 6.45) is 1.40. The van der Waals surface area contributed by atoms with E-state index >= 15 is 0 Å². The molecule has 0 atom stereocenters. The van der Waals surface area contributed by atoms with Gasteiger partial charge in [-0.15, -0.1) is 0 Å². The number of hydrogen-bond acceptors (Lipinski definition) is 9. The van der Waals surface area contributed by atoms with Gasteiger partial charge < -0.3 is 24.3 Å². The van der Waals surface area contributed by atoms with Crippen LogP contribution in [0.5, 0.6) is 23.0 Å². The summed E-state index contributed by atoms with van der Waals surface area (Å²) in [5.41, 5.74) is 5.62. The van der Waals surface area contributed by atoms with Gasteiger partial charge >= 0.3 is 0 Å². The number of rotatable bonds is 14. The van der Waals surface area contributed by atoms with E-state index in [1.807, 2.05) is 19.9 Å². The lowest BCUT2D eigenvalue weighted by Gasteiger charge is -2.25. The van der Waals surface area contributed by atoms with Crippen LogP contribution >= 0.6 is 0 Å². The van der Waals surface area contributed by atoms with Crippen molar-refractivity contribution in [1.29, 1.82) is 0 Å². The number of hydrazone groups is 1. The van der Waals surface area contributed by atoms with Crippen molar-refractivity contribution in [2.45, 2.75) is 18.7 Å². The normalized spacial score (nSPS) is 11.1. The SMILES string of the molecule is COc1ccc(NC(=O)COc2ccc(/C=N\NC(=O)CN(c3cc(C)cc(C)c3)S(=O)(=O)c3ccc(OC)c(OC)c3)cc2)cc1. The van der Waals surface area contributed by atoms with E-state index in [2.05, 4.69) is 15.8 Å². The number of methoxy groups -OCH3 is 3. The third kappa shape index (κ3) is 9.23. The smallest absolute Gasteiger partial charge is 0.264 e. The molecule has 4 aromatic rings. The highest BCUT2D eigenvalue weighted by molar-refractivity contribution is 7.92. The molecule has 0 radical (unpaired) electrons. The van der Waals surface area contributed by atoms with Crippen LogP contribution in [-0.4, -0.2) is 60.9 Å². The highest BCUT2D eigenvalue weighted by Crippen LogP contribution is 2.32. The van der Waals surface area contributed by atoms with Crippen LogP contribution in [0.2, 0.25) is 0 Å². The van der Waals surface area contributed by atoms with E-state index < -0.39 is 22.5 Å². The number of nitrogens with one attached hydrogen (secondary N) is 2. The first-order chi connectivity index (χ1) is 22.5. The fraction of sp³-hybridized carbons (Fsp3) is 0.206. The molecule has 0 saturated carbocycles. The molecule has 0 saturated heterocycles. The van der Waals surface area contributed by atoms with Crippen LogP contribution in [0, 0.1) is 13.8 Å². The molecule has 13 heteroatoms. The van der Waals surface area contributed by atoms with Crippen molar-refractivity contribution in [1.82, 2.24) is 5.43 Å². The van der Waals surface area contributed by atoms with E-state index in [0.29, 0.717) is 34.2 Å². The summed E-state index contributed by atoms with van der Waals surface area (Å²) in [5.74, 6) is 0.752. The molecule has 0 aliphatic rings. The fourth-order valence-electron chi connectivity index (χ4n) is 4.53. The van der Waals surface area contributed by atoms with E-state index in [9.17, 15) is 18.0 Å². The number of aryl methyl sites for hydroxylation is 2. The first kappa shape index (κ1) is 34.3. The summed E-state index contributed by atoms with van der Waals surface area (Å²) in [5, 5.41) is 6.73. The summed E-state index contributed by atoms with van der Waals surface area (Å²) in [4.78, 5) is 25.2. The molecule has 0 fully saturated rings. The van der Waals surface area contributed by atoms with Crippen LogP contribution in [0.15, 0.2) is 94.9 Å². The average molecular weight is 661 g/mol. The molecule has 47 heavy (non-hydrogen) atoms. The average Bonchev–Trinajstić information content (AvgIpc) is 3.06. The predicted octanol–water partition coefficient (Wildman–Crippen LogP) is 4.69. The number of sulfonamides is 1. The number of carbonyl (C=O) groups excluding carboxylic acids is 2. The van der Waals surface area contributed by atoms with Crippen molar-refractivity contribution in [2.75, 3.05) is 44.1 Å². The van der Waals surface area contributed by atoms with Crippen molar-refractivity contribution in [3.8, 4) is 23.0 Å². The largest absolute Gasteiger partial charge is 0.497 e. The Bertz CT molecular complexity index is 1820. The van der Waals surface area contributed by atoms with E-state index in [0.717, 1.165) is 15.4 Å². The molecule has 0 spiro atoms. The molecule has 246 valence electrons. The summed E-state index contributed by atoms with van der Waals surface area (Å²) in [6.45, 7) is 2.95. The van der Waals surface area contributed by atoms with Gasteiger partial charge in [-0.2, -0.15) is 5.10 Å². The molecule has 0 bridgehead atoms. The van der Waals surface area contributed by atoms with Crippen LogP contribution in [-0.2, 0) is 19.6 Å². The molecular weight excluding hydrogens is 624 g/mol. The second kappa shape index (κ2) is 15.6. The second-order valence-corrected chi connectivity index (χ2v) is 12.2. The van der Waals surface area contributed by atoms with E-state index in [-0.39, 0.29) is 23.2 Å². The van der Waals surface area contributed by atoms with Crippen molar-refractivity contribution < 1.29 is 37.0 Å². The summed E-state index contributed by atoms with van der Waals surface area (Å²) < 4.78 is 50.0. The number of carbonyl (C=O) groups is 2. The molecule has 2 N–H and O–H groups in total. The molecule has 12 nitrogen and oxygen atoms in total. The fourth-order valence-corrected chi connectivity index (χ4v) is 5.95. The van der Waals surface area contributed by atoms with Crippen LogP contribution < -0.4 is 34.0 Å². The number of hydrogen-bond donors (Lipinski definition) is 2. The van der Waals surface area contributed by atoms with Crippen LogP contribution in [0.25, 0.3) is 0 Å². The maximum atomic E-state index is 13.9. The van der Waals surface area contributed by atoms with Gasteiger partial charge in [-0.3, -0.25) is 13.9 Å². The summed E-state index contributed by atoms with van der Waals surface area (Å²) in [7, 11) is 0.207. The Morgan fingerprint density at radius 2 is 1.40 bits per heavy atom. The van der Waals surface area contributed by atoms with Gasteiger partial charge in [0.05, 0.1) is 38.1 Å². The van der Waals surface area contributed by atoms with Crippen molar-refractivity contribution >= 4 is 39.4 Å². The minimum Gasteiger partial charge on any atom is -0.497 e. The van der Waals surface area contributed by atoms with Gasteiger partial charge in [-0.1, -0.05) is 6.07 Å². The third-order valence-electron chi connectivity index (χ3n) is 6.75. The predicted molar refractivity (Wildman–Crippen MR) is 179 cm³/mol. The zero-order valence-electron chi connectivity index (χ0n) is 26.6. The quantitative estimate of drug-likeness (QED) is 0.146. The number of nitrogens with zero attached hydrogens (tertiary/aromatic N) is 2. The van der Waals surface area contributed by atoms with E-state index in [1.54, 1.807) is 67.8 Å². The van der Waals surface area contributed by atoms with E-state index in [4.69, 9.17) is 18.9 Å². The number of anilines is 2. The first-order valence-electron chi connectivity index (χ1n) is 14.3. The lowest BCUT2D eigenvalue weighted by Crippen LogP contribution is -2.39. The molecule has 4 aromatic carbocycles. The Kier molecular flexibility index (Phi) is 11.4. The summed E-state index contributed by atoms with van der Waals surface area (Å²) >= 11 is 0. The van der Waals surface area contributed by atoms with Gasteiger partial charge in [0.1, 0.15) is 18.0 Å². The van der Waals surface area contributed by atoms with Crippen LogP contribution in [0.4, 0.5) is 11.4 Å². The summed E-state index contributed by atoms with van der Waals surface area (Å²) in [6, 6.07) is 23.1. The van der Waals surface area contributed by atoms with Gasteiger partial charge in [0.25, 0.3) is 21.8 Å². The maximum absolute atomic E-state index is 13.9. The van der Waals surface area contributed by atoms with E-state index in [1.165, 1.54) is 38.6 Å². The third-order valence-corrected chi connectivity index (χ3v) is 8.52. The van der Waals surface area contributed by atoms with Gasteiger partial charge in [-0.05, 0) is 103 Å². The van der Waals surface area contributed by atoms with Crippen molar-refractivity contribution in [3.63, 3.8) is 0 Å².